The smallest absolute Gasteiger partial charge is 0.408 e. The largest absolute Gasteiger partial charge is 0.491 e. The average molecular weight is 782 g/mol. The van der Waals surface area contributed by atoms with Gasteiger partial charge in [-0.2, -0.15) is 0 Å². The summed E-state index contributed by atoms with van der Waals surface area (Å²) < 4.78 is 46.0. The van der Waals surface area contributed by atoms with Crippen LogP contribution in [-0.4, -0.2) is 89.8 Å². The van der Waals surface area contributed by atoms with Crippen LogP contribution in [0, 0.1) is 17.8 Å². The van der Waals surface area contributed by atoms with Gasteiger partial charge in [0, 0.05) is 23.1 Å². The topological polar surface area (TPSA) is 182 Å². The molecule has 3 heterocycles. The van der Waals surface area contributed by atoms with Crippen molar-refractivity contribution in [2.45, 2.75) is 127 Å². The minimum Gasteiger partial charge on any atom is -0.491 e. The van der Waals surface area contributed by atoms with Gasteiger partial charge < -0.3 is 29.7 Å². The van der Waals surface area contributed by atoms with E-state index in [0.717, 1.165) is 18.2 Å². The van der Waals surface area contributed by atoms with Crippen LogP contribution in [0.25, 0.3) is 10.8 Å². The van der Waals surface area contributed by atoms with Crippen LogP contribution in [0.3, 0.4) is 0 Å². The molecule has 14 nitrogen and oxygen atoms in total. The molecule has 0 bridgehead atoms. The van der Waals surface area contributed by atoms with Crippen LogP contribution in [0.4, 0.5) is 4.79 Å². The lowest BCUT2D eigenvalue weighted by Crippen LogP contribution is -2.59. The summed E-state index contributed by atoms with van der Waals surface area (Å²) in [7, 11) is -3.90. The van der Waals surface area contributed by atoms with Gasteiger partial charge in [-0.05, 0) is 83.6 Å². The second-order valence-corrected chi connectivity index (χ2v) is 18.7. The standard InChI is InChI=1S/C40H55N5O9S/c1-7-18-52-32-22-41-35(30-15-11-10-14-29(30)32)53-27-20-31-34(46)43-40(37(48)44-55(50,51)28-16-17-28)21-26(40)13-9-8-12-24(2)19-25(3)33(36(47)45(31)23-27)42-38(49)54-39(4,5)6/h9-11,13-15,22,24-28,31,33H,7-8,12,16-21,23H2,1-6H3,(H,42,49)(H,43,46)(H,44,48)/b13-9-/t24-,25+,26+,27+,31-,33-,40+/m0/s1. The van der Waals surface area contributed by atoms with E-state index in [9.17, 15) is 27.6 Å². The highest BCUT2D eigenvalue weighted by Crippen LogP contribution is 2.46. The first-order valence-electron chi connectivity index (χ1n) is 19.5. The molecule has 0 radical (unpaired) electrons. The van der Waals surface area contributed by atoms with Crippen molar-refractivity contribution >= 4 is 44.6 Å². The summed E-state index contributed by atoms with van der Waals surface area (Å²) in [6, 6.07) is 5.36. The van der Waals surface area contributed by atoms with E-state index in [2.05, 4.69) is 27.3 Å². The number of aromatic nitrogens is 1. The first-order chi connectivity index (χ1) is 26.0. The number of benzene rings is 1. The highest BCUT2D eigenvalue weighted by Gasteiger charge is 2.62. The van der Waals surface area contributed by atoms with Crippen molar-refractivity contribution in [3.63, 3.8) is 0 Å². The number of ether oxygens (including phenoxy) is 3. The fraction of sp³-hybridized carbons (Fsp3) is 0.625. The molecular weight excluding hydrogens is 727 g/mol. The molecule has 1 aromatic heterocycles. The monoisotopic (exact) mass is 781 g/mol. The Bertz CT molecular complexity index is 1930. The van der Waals surface area contributed by atoms with Crippen LogP contribution < -0.4 is 24.8 Å². The summed E-state index contributed by atoms with van der Waals surface area (Å²) in [6.45, 7) is 11.7. The van der Waals surface area contributed by atoms with E-state index in [1.807, 2.05) is 50.3 Å². The number of hydrogen-bond acceptors (Lipinski definition) is 10. The van der Waals surface area contributed by atoms with Gasteiger partial charge in [0.05, 0.1) is 24.6 Å². The number of nitrogens with one attached hydrogen (secondary N) is 3. The molecule has 6 rings (SSSR count). The molecule has 1 saturated heterocycles. The Morgan fingerprint density at radius 3 is 2.49 bits per heavy atom. The van der Waals surface area contributed by atoms with Gasteiger partial charge in [0.25, 0.3) is 5.91 Å². The highest BCUT2D eigenvalue weighted by atomic mass is 32.2. The number of rotatable bonds is 9. The van der Waals surface area contributed by atoms with Gasteiger partial charge in [0.2, 0.25) is 27.7 Å². The number of alkyl carbamates (subject to hydrolysis) is 1. The van der Waals surface area contributed by atoms with Gasteiger partial charge >= 0.3 is 6.09 Å². The predicted molar refractivity (Wildman–Crippen MR) is 206 cm³/mol. The van der Waals surface area contributed by atoms with Crippen molar-refractivity contribution in [3.05, 3.63) is 42.6 Å². The van der Waals surface area contributed by atoms with Crippen molar-refractivity contribution in [2.75, 3.05) is 13.2 Å². The van der Waals surface area contributed by atoms with Crippen LogP contribution in [0.5, 0.6) is 11.6 Å². The van der Waals surface area contributed by atoms with Gasteiger partial charge in [-0.1, -0.05) is 51.1 Å². The lowest BCUT2D eigenvalue weighted by molar-refractivity contribution is -0.142. The summed E-state index contributed by atoms with van der Waals surface area (Å²) in [5.41, 5.74) is -2.33. The Labute approximate surface area is 323 Å². The molecule has 7 atom stereocenters. The second kappa shape index (κ2) is 16.0. The Balaban J connectivity index is 1.34. The quantitative estimate of drug-likeness (QED) is 0.300. The third-order valence-corrected chi connectivity index (χ3v) is 12.6. The zero-order chi connectivity index (χ0) is 39.7. The lowest BCUT2D eigenvalue weighted by Gasteiger charge is -2.33. The number of sulfonamides is 1. The van der Waals surface area contributed by atoms with Crippen molar-refractivity contribution < 1.29 is 41.8 Å². The summed E-state index contributed by atoms with van der Waals surface area (Å²) in [4.78, 5) is 62.2. The number of hydrogen-bond donors (Lipinski definition) is 3. The Morgan fingerprint density at radius 2 is 1.80 bits per heavy atom. The fourth-order valence-electron chi connectivity index (χ4n) is 7.65. The molecule has 2 saturated carbocycles. The molecule has 3 fully saturated rings. The molecule has 1 aromatic carbocycles. The van der Waals surface area contributed by atoms with E-state index in [1.54, 1.807) is 27.0 Å². The van der Waals surface area contributed by atoms with Crippen LogP contribution in [0.1, 0.15) is 92.9 Å². The number of allylic oxidation sites excluding steroid dienone is 1. The van der Waals surface area contributed by atoms with E-state index < -0.39 is 74.3 Å². The van der Waals surface area contributed by atoms with Gasteiger partial charge in [-0.3, -0.25) is 19.1 Å². The highest BCUT2D eigenvalue weighted by molar-refractivity contribution is 7.91. The maximum Gasteiger partial charge on any atom is 0.408 e. The minimum atomic E-state index is -3.90. The fourth-order valence-corrected chi connectivity index (χ4v) is 9.02. The van der Waals surface area contributed by atoms with E-state index in [-0.39, 0.29) is 31.2 Å². The zero-order valence-corrected chi connectivity index (χ0v) is 33.4. The first kappa shape index (κ1) is 40.3. The Morgan fingerprint density at radius 1 is 1.07 bits per heavy atom. The van der Waals surface area contributed by atoms with E-state index in [1.165, 1.54) is 4.90 Å². The van der Waals surface area contributed by atoms with Crippen molar-refractivity contribution in [1.29, 1.82) is 0 Å². The average Bonchev–Trinajstić information content (AvgIpc) is 4.04. The van der Waals surface area contributed by atoms with Crippen LogP contribution in [0.2, 0.25) is 0 Å². The summed E-state index contributed by atoms with van der Waals surface area (Å²) in [5, 5.41) is 6.58. The van der Waals surface area contributed by atoms with Crippen LogP contribution in [0.15, 0.2) is 42.6 Å². The molecule has 2 aromatic rings. The maximum absolute atomic E-state index is 14.8. The van der Waals surface area contributed by atoms with E-state index >= 15 is 0 Å². The number of nitrogens with zero attached hydrogens (tertiary/aromatic N) is 2. The number of amides is 4. The number of pyridine rings is 1. The van der Waals surface area contributed by atoms with Crippen molar-refractivity contribution in [2.24, 2.45) is 17.8 Å². The van der Waals surface area contributed by atoms with Gasteiger partial charge in [0.15, 0.2) is 0 Å². The van der Waals surface area contributed by atoms with Crippen molar-refractivity contribution in [1.82, 2.24) is 25.2 Å². The lowest BCUT2D eigenvalue weighted by atomic mass is 9.88. The molecule has 4 amide bonds. The van der Waals surface area contributed by atoms with Crippen LogP contribution >= 0.6 is 0 Å². The molecule has 2 aliphatic heterocycles. The summed E-state index contributed by atoms with van der Waals surface area (Å²) in [6.07, 6.45) is 8.04. The molecule has 300 valence electrons. The predicted octanol–water partition coefficient (Wildman–Crippen LogP) is 4.76. The second-order valence-electron chi connectivity index (χ2n) is 16.7. The molecular formula is C40H55N5O9S. The third kappa shape index (κ3) is 9.36. The van der Waals surface area contributed by atoms with E-state index in [4.69, 9.17) is 14.2 Å². The number of carbonyl (C=O) groups is 4. The summed E-state index contributed by atoms with van der Waals surface area (Å²) >= 11 is 0. The third-order valence-electron chi connectivity index (χ3n) is 10.8. The van der Waals surface area contributed by atoms with Gasteiger partial charge in [-0.25, -0.2) is 18.2 Å². The maximum atomic E-state index is 14.8. The van der Waals surface area contributed by atoms with Gasteiger partial charge in [-0.15, -0.1) is 0 Å². The normalized spacial score (nSPS) is 29.5. The Hall–Kier alpha value is -4.40. The van der Waals surface area contributed by atoms with Crippen LogP contribution in [-0.2, 0) is 29.1 Å². The molecule has 2 aliphatic carbocycles. The SMILES string of the molecule is CCCOc1cnc(O[C@@H]2C[C@H]3C(=O)N[C@]4(C(=O)NS(=O)(=O)C5CC5)C[C@H]4/C=C\CC[C@H](C)C[C@@H](C)[C@H](NC(=O)OC(C)(C)C)C(=O)N3C2)c2ccccc12. The van der Waals surface area contributed by atoms with Crippen molar-refractivity contribution in [3.8, 4) is 11.6 Å². The minimum absolute atomic E-state index is 0.0195. The number of carbonyl (C=O) groups excluding carboxylic acids is 4. The zero-order valence-electron chi connectivity index (χ0n) is 32.6. The number of fused-ring (bicyclic) bond motifs is 3. The molecule has 55 heavy (non-hydrogen) atoms. The van der Waals surface area contributed by atoms with E-state index in [0.29, 0.717) is 49.3 Å². The Kier molecular flexibility index (Phi) is 11.7. The first-order valence-corrected chi connectivity index (χ1v) is 21.1. The molecule has 3 N–H and O–H groups in total. The molecule has 15 heteroatoms. The van der Waals surface area contributed by atoms with Gasteiger partial charge in [0.1, 0.15) is 35.1 Å². The molecule has 0 spiro atoms. The summed E-state index contributed by atoms with van der Waals surface area (Å²) in [5.74, 6) is -1.61. The molecule has 0 unspecified atom stereocenters. The molecule has 4 aliphatic rings.